The molecular formula is C12H20O8. The normalized spacial score (nSPS) is 33.8. The Morgan fingerprint density at radius 2 is 1.85 bits per heavy atom. The molecule has 1 fully saturated rings. The zero-order valence-corrected chi connectivity index (χ0v) is 11.1. The third kappa shape index (κ3) is 4.23. The van der Waals surface area contributed by atoms with E-state index in [-0.39, 0.29) is 18.8 Å². The monoisotopic (exact) mass is 292 g/mol. The van der Waals surface area contributed by atoms with E-state index < -0.39 is 43.3 Å². The van der Waals surface area contributed by atoms with E-state index in [2.05, 4.69) is 6.58 Å². The minimum Gasteiger partial charge on any atom is -0.460 e. The van der Waals surface area contributed by atoms with Gasteiger partial charge < -0.3 is 34.6 Å². The third-order valence-electron chi connectivity index (χ3n) is 2.80. The standard InChI is InChI=1S/C12H20O8/c1-6(2)11(17)18-3-4-19-12-10(16)9(15)8(14)7(5-13)20-12/h7-10,12-16H,1,3-5H2,2H3/t7-,8-,9+,10+,12-/m1/s1. The summed E-state index contributed by atoms with van der Waals surface area (Å²) in [6.45, 7) is 4.21. The van der Waals surface area contributed by atoms with Crippen molar-refractivity contribution in [2.75, 3.05) is 19.8 Å². The molecule has 0 saturated carbocycles. The van der Waals surface area contributed by atoms with Gasteiger partial charge in [0.25, 0.3) is 0 Å². The first-order valence-corrected chi connectivity index (χ1v) is 6.13. The van der Waals surface area contributed by atoms with Crippen LogP contribution in [0.2, 0.25) is 0 Å². The van der Waals surface area contributed by atoms with Gasteiger partial charge in [0, 0.05) is 5.57 Å². The van der Waals surface area contributed by atoms with Crippen molar-refractivity contribution in [1.82, 2.24) is 0 Å². The summed E-state index contributed by atoms with van der Waals surface area (Å²) in [4.78, 5) is 11.1. The fourth-order valence-electron chi connectivity index (χ4n) is 1.63. The molecule has 0 radical (unpaired) electrons. The number of carbonyl (C=O) groups is 1. The highest BCUT2D eigenvalue weighted by Crippen LogP contribution is 2.21. The Hall–Kier alpha value is -1.03. The number of carbonyl (C=O) groups excluding carboxylic acids is 1. The van der Waals surface area contributed by atoms with Crippen molar-refractivity contribution >= 4 is 5.97 Å². The summed E-state index contributed by atoms with van der Waals surface area (Å²) in [5.74, 6) is -0.567. The largest absolute Gasteiger partial charge is 0.460 e. The Kier molecular flexibility index (Phi) is 6.53. The van der Waals surface area contributed by atoms with Crippen molar-refractivity contribution in [3.05, 3.63) is 12.2 Å². The molecule has 0 spiro atoms. The van der Waals surface area contributed by atoms with E-state index >= 15 is 0 Å². The van der Waals surface area contributed by atoms with Crippen LogP contribution in [0.5, 0.6) is 0 Å². The summed E-state index contributed by atoms with van der Waals surface area (Å²) in [5.41, 5.74) is 0.248. The molecule has 20 heavy (non-hydrogen) atoms. The first kappa shape index (κ1) is 17.0. The van der Waals surface area contributed by atoms with Crippen molar-refractivity contribution in [3.63, 3.8) is 0 Å². The molecule has 4 N–H and O–H groups in total. The number of hydrogen-bond acceptors (Lipinski definition) is 8. The molecule has 0 amide bonds. The Morgan fingerprint density at radius 3 is 2.40 bits per heavy atom. The molecule has 5 atom stereocenters. The Labute approximate surface area is 116 Å². The molecule has 1 saturated heterocycles. The maximum Gasteiger partial charge on any atom is 0.333 e. The highest BCUT2D eigenvalue weighted by atomic mass is 16.7. The summed E-state index contributed by atoms with van der Waals surface area (Å²) in [6.07, 6.45) is -6.66. The smallest absolute Gasteiger partial charge is 0.333 e. The van der Waals surface area contributed by atoms with Crippen LogP contribution in [0.25, 0.3) is 0 Å². The fourth-order valence-corrected chi connectivity index (χ4v) is 1.63. The lowest BCUT2D eigenvalue weighted by atomic mass is 9.99. The van der Waals surface area contributed by atoms with Gasteiger partial charge >= 0.3 is 5.97 Å². The summed E-state index contributed by atoms with van der Waals surface area (Å²) in [7, 11) is 0. The van der Waals surface area contributed by atoms with Crippen LogP contribution in [0.4, 0.5) is 0 Å². The lowest BCUT2D eigenvalue weighted by molar-refractivity contribution is -0.302. The van der Waals surface area contributed by atoms with E-state index in [1.54, 1.807) is 0 Å². The lowest BCUT2D eigenvalue weighted by Gasteiger charge is -2.39. The van der Waals surface area contributed by atoms with E-state index in [1.807, 2.05) is 0 Å². The van der Waals surface area contributed by atoms with Gasteiger partial charge in [0.1, 0.15) is 31.0 Å². The van der Waals surface area contributed by atoms with Gasteiger partial charge in [-0.15, -0.1) is 0 Å². The summed E-state index contributed by atoms with van der Waals surface area (Å²) < 4.78 is 15.0. The van der Waals surface area contributed by atoms with Gasteiger partial charge in [-0.3, -0.25) is 0 Å². The van der Waals surface area contributed by atoms with Crippen LogP contribution in [-0.4, -0.2) is 76.9 Å². The van der Waals surface area contributed by atoms with Gasteiger partial charge in [0.2, 0.25) is 0 Å². The third-order valence-corrected chi connectivity index (χ3v) is 2.80. The number of esters is 1. The van der Waals surface area contributed by atoms with Crippen LogP contribution in [0.3, 0.4) is 0 Å². The quantitative estimate of drug-likeness (QED) is 0.250. The van der Waals surface area contributed by atoms with Crippen LogP contribution in [0, 0.1) is 0 Å². The topological polar surface area (TPSA) is 126 Å². The van der Waals surface area contributed by atoms with Crippen LogP contribution >= 0.6 is 0 Å². The van der Waals surface area contributed by atoms with Gasteiger partial charge in [0.05, 0.1) is 13.2 Å². The van der Waals surface area contributed by atoms with Gasteiger partial charge in [-0.05, 0) is 6.92 Å². The summed E-state index contributed by atoms with van der Waals surface area (Å²) >= 11 is 0. The average Bonchev–Trinajstić information content (AvgIpc) is 2.42. The van der Waals surface area contributed by atoms with E-state index in [4.69, 9.17) is 19.3 Å². The molecule has 1 aliphatic heterocycles. The first-order chi connectivity index (χ1) is 9.38. The molecule has 0 aromatic rings. The van der Waals surface area contributed by atoms with Crippen molar-refractivity contribution in [2.45, 2.75) is 37.6 Å². The second-order valence-electron chi connectivity index (χ2n) is 4.48. The first-order valence-electron chi connectivity index (χ1n) is 6.13. The molecule has 0 aliphatic carbocycles. The SMILES string of the molecule is C=C(C)C(=O)OCCO[C@@H]1O[C@H](CO)[C@@H](O)[C@H](O)[C@@H]1O. The molecule has 0 bridgehead atoms. The zero-order valence-electron chi connectivity index (χ0n) is 11.1. The van der Waals surface area contributed by atoms with Crippen LogP contribution in [-0.2, 0) is 19.0 Å². The Balaban J connectivity index is 2.39. The van der Waals surface area contributed by atoms with Crippen molar-refractivity contribution in [2.24, 2.45) is 0 Å². The molecule has 1 heterocycles. The average molecular weight is 292 g/mol. The van der Waals surface area contributed by atoms with Crippen molar-refractivity contribution < 1.29 is 39.4 Å². The molecule has 0 aromatic heterocycles. The van der Waals surface area contributed by atoms with E-state index in [0.717, 1.165) is 0 Å². The van der Waals surface area contributed by atoms with Crippen LogP contribution < -0.4 is 0 Å². The van der Waals surface area contributed by atoms with Crippen molar-refractivity contribution in [3.8, 4) is 0 Å². The highest BCUT2D eigenvalue weighted by molar-refractivity contribution is 5.86. The molecule has 8 nitrogen and oxygen atoms in total. The minimum absolute atomic E-state index is 0.0816. The van der Waals surface area contributed by atoms with E-state index in [9.17, 15) is 20.1 Å². The van der Waals surface area contributed by atoms with E-state index in [1.165, 1.54) is 6.92 Å². The maximum atomic E-state index is 11.1. The number of rotatable bonds is 6. The second kappa shape index (κ2) is 7.67. The summed E-state index contributed by atoms with van der Waals surface area (Å²) in [6, 6.07) is 0. The maximum absolute atomic E-state index is 11.1. The van der Waals surface area contributed by atoms with Gasteiger partial charge in [-0.25, -0.2) is 4.79 Å². The lowest BCUT2D eigenvalue weighted by Crippen LogP contribution is -2.59. The molecule has 1 rings (SSSR count). The number of ether oxygens (including phenoxy) is 3. The van der Waals surface area contributed by atoms with Gasteiger partial charge in [0.15, 0.2) is 6.29 Å². The molecule has 0 unspecified atom stereocenters. The molecule has 1 aliphatic rings. The molecular weight excluding hydrogens is 272 g/mol. The molecule has 0 aromatic carbocycles. The van der Waals surface area contributed by atoms with Crippen molar-refractivity contribution in [1.29, 1.82) is 0 Å². The predicted molar refractivity (Wildman–Crippen MR) is 65.5 cm³/mol. The molecule has 8 heteroatoms. The predicted octanol–water partition coefficient (Wildman–Crippen LogP) is -2.08. The number of aliphatic hydroxyl groups excluding tert-OH is 4. The zero-order chi connectivity index (χ0) is 15.3. The fraction of sp³-hybridized carbons (Fsp3) is 0.750. The number of hydrogen-bond donors (Lipinski definition) is 4. The van der Waals surface area contributed by atoms with Crippen LogP contribution in [0.15, 0.2) is 12.2 Å². The highest BCUT2D eigenvalue weighted by Gasteiger charge is 2.43. The molecule has 116 valence electrons. The van der Waals surface area contributed by atoms with Gasteiger partial charge in [-0.1, -0.05) is 6.58 Å². The Bertz CT molecular complexity index is 342. The Morgan fingerprint density at radius 1 is 1.20 bits per heavy atom. The second-order valence-corrected chi connectivity index (χ2v) is 4.48. The van der Waals surface area contributed by atoms with E-state index in [0.29, 0.717) is 0 Å². The number of aliphatic hydroxyl groups is 4. The van der Waals surface area contributed by atoms with Gasteiger partial charge in [-0.2, -0.15) is 0 Å². The summed E-state index contributed by atoms with van der Waals surface area (Å²) in [5, 5.41) is 37.7. The minimum atomic E-state index is -1.50. The van der Waals surface area contributed by atoms with Crippen LogP contribution in [0.1, 0.15) is 6.92 Å².